The molecular formula is C23H27NO2. The van der Waals surface area contributed by atoms with E-state index in [4.69, 9.17) is 4.74 Å². The molecule has 0 bridgehead atoms. The second-order valence-electron chi connectivity index (χ2n) is 7.32. The van der Waals surface area contributed by atoms with Crippen LogP contribution in [0.3, 0.4) is 0 Å². The van der Waals surface area contributed by atoms with E-state index in [9.17, 15) is 4.79 Å². The second kappa shape index (κ2) is 8.33. The van der Waals surface area contributed by atoms with Crippen molar-refractivity contribution in [2.45, 2.75) is 18.8 Å². The molecule has 1 aliphatic rings. The first kappa shape index (κ1) is 18.4. The van der Waals surface area contributed by atoms with E-state index in [1.807, 2.05) is 50.5 Å². The molecule has 2 atom stereocenters. The van der Waals surface area contributed by atoms with Crippen molar-refractivity contribution in [2.24, 2.45) is 5.92 Å². The minimum atomic E-state index is 0.0424. The molecule has 0 heterocycles. The van der Waals surface area contributed by atoms with Gasteiger partial charge in [0.2, 0.25) is 0 Å². The third kappa shape index (κ3) is 4.41. The number of ether oxygens (including phenoxy) is 1. The quantitative estimate of drug-likeness (QED) is 0.749. The van der Waals surface area contributed by atoms with Crippen molar-refractivity contribution in [1.82, 2.24) is 4.90 Å². The molecule has 0 radical (unpaired) electrons. The van der Waals surface area contributed by atoms with Crippen LogP contribution in [0.5, 0.6) is 5.75 Å². The monoisotopic (exact) mass is 349 g/mol. The zero-order chi connectivity index (χ0) is 18.5. The van der Waals surface area contributed by atoms with Crippen molar-refractivity contribution in [1.29, 1.82) is 0 Å². The molecule has 2 aromatic carbocycles. The topological polar surface area (TPSA) is 29.5 Å². The van der Waals surface area contributed by atoms with Crippen LogP contribution in [0, 0.1) is 5.92 Å². The molecule has 0 saturated heterocycles. The van der Waals surface area contributed by atoms with Crippen LogP contribution in [0.2, 0.25) is 0 Å². The standard InChI is InChI=1S/C23H27NO2/c1-24(2)16-21-15-19(18-9-5-4-6-10-18)14-20(23(21)25)12-17-8-7-11-22(13-17)26-3/h4-13,19,21H,14-16H2,1-3H3/b20-12+. The fourth-order valence-corrected chi connectivity index (χ4v) is 3.80. The number of Topliss-reactive ketones (excluding diaryl/α,β-unsaturated/α-hetero) is 1. The lowest BCUT2D eigenvalue weighted by Gasteiger charge is -2.32. The van der Waals surface area contributed by atoms with Crippen LogP contribution >= 0.6 is 0 Å². The second-order valence-corrected chi connectivity index (χ2v) is 7.32. The van der Waals surface area contributed by atoms with Gasteiger partial charge >= 0.3 is 0 Å². The third-order valence-corrected chi connectivity index (χ3v) is 5.01. The van der Waals surface area contributed by atoms with E-state index in [1.54, 1.807) is 7.11 Å². The fraction of sp³-hybridized carbons (Fsp3) is 0.348. The minimum absolute atomic E-state index is 0.0424. The van der Waals surface area contributed by atoms with Gasteiger partial charge in [-0.15, -0.1) is 0 Å². The highest BCUT2D eigenvalue weighted by atomic mass is 16.5. The van der Waals surface area contributed by atoms with E-state index in [0.29, 0.717) is 5.92 Å². The van der Waals surface area contributed by atoms with Crippen LogP contribution < -0.4 is 4.74 Å². The summed E-state index contributed by atoms with van der Waals surface area (Å²) in [7, 11) is 5.73. The fourth-order valence-electron chi connectivity index (χ4n) is 3.80. The Balaban J connectivity index is 1.93. The van der Waals surface area contributed by atoms with Gasteiger partial charge in [0.05, 0.1) is 7.11 Å². The van der Waals surface area contributed by atoms with Gasteiger partial charge in [-0.05, 0) is 67.8 Å². The van der Waals surface area contributed by atoms with E-state index in [-0.39, 0.29) is 11.7 Å². The van der Waals surface area contributed by atoms with Crippen LogP contribution in [0.25, 0.3) is 6.08 Å². The predicted octanol–water partition coefficient (Wildman–Crippen LogP) is 4.40. The number of ketones is 1. The Labute approximate surface area is 156 Å². The molecule has 0 spiro atoms. The van der Waals surface area contributed by atoms with Crippen LogP contribution in [0.4, 0.5) is 0 Å². The summed E-state index contributed by atoms with van der Waals surface area (Å²) in [6.45, 7) is 0.789. The number of nitrogens with zero attached hydrogens (tertiary/aromatic N) is 1. The summed E-state index contributed by atoms with van der Waals surface area (Å²) in [6, 6.07) is 18.4. The number of carbonyl (C=O) groups is 1. The number of benzene rings is 2. The lowest BCUT2D eigenvalue weighted by molar-refractivity contribution is -0.121. The molecule has 0 N–H and O–H groups in total. The van der Waals surface area contributed by atoms with Crippen LogP contribution in [0.1, 0.15) is 29.9 Å². The highest BCUT2D eigenvalue weighted by Crippen LogP contribution is 2.38. The largest absolute Gasteiger partial charge is 0.497 e. The molecule has 1 saturated carbocycles. The molecule has 3 heteroatoms. The molecule has 2 unspecified atom stereocenters. The summed E-state index contributed by atoms with van der Waals surface area (Å²) < 4.78 is 5.31. The maximum absolute atomic E-state index is 13.1. The summed E-state index contributed by atoms with van der Waals surface area (Å²) in [5, 5.41) is 0. The van der Waals surface area contributed by atoms with E-state index >= 15 is 0 Å². The number of methoxy groups -OCH3 is 1. The summed E-state index contributed by atoms with van der Waals surface area (Å²) in [6.07, 6.45) is 3.75. The lowest BCUT2D eigenvalue weighted by atomic mass is 9.74. The molecule has 1 fully saturated rings. The first-order chi connectivity index (χ1) is 12.6. The zero-order valence-electron chi connectivity index (χ0n) is 15.8. The molecular weight excluding hydrogens is 322 g/mol. The summed E-state index contributed by atoms with van der Waals surface area (Å²) in [4.78, 5) is 15.2. The smallest absolute Gasteiger partial charge is 0.163 e. The average Bonchev–Trinajstić information content (AvgIpc) is 2.65. The van der Waals surface area contributed by atoms with Gasteiger partial charge in [-0.3, -0.25) is 4.79 Å². The summed E-state index contributed by atoms with van der Waals surface area (Å²) in [5.41, 5.74) is 3.26. The first-order valence-corrected chi connectivity index (χ1v) is 9.15. The minimum Gasteiger partial charge on any atom is -0.497 e. The molecule has 0 aromatic heterocycles. The highest BCUT2D eigenvalue weighted by molar-refractivity contribution is 6.02. The Morgan fingerprint density at radius 1 is 1.12 bits per heavy atom. The normalized spacial score (nSPS) is 22.0. The predicted molar refractivity (Wildman–Crippen MR) is 106 cm³/mol. The molecule has 1 aliphatic carbocycles. The Bertz CT molecular complexity index is 780. The molecule has 0 aliphatic heterocycles. The van der Waals surface area contributed by atoms with Crippen LogP contribution in [0.15, 0.2) is 60.2 Å². The molecule has 26 heavy (non-hydrogen) atoms. The zero-order valence-corrected chi connectivity index (χ0v) is 15.8. The van der Waals surface area contributed by atoms with Gasteiger partial charge in [0, 0.05) is 12.5 Å². The SMILES string of the molecule is COc1cccc(/C=C2\CC(c3ccccc3)CC(CN(C)C)C2=O)c1. The van der Waals surface area contributed by atoms with Gasteiger partial charge in [0.25, 0.3) is 0 Å². The number of carbonyl (C=O) groups excluding carboxylic acids is 1. The maximum atomic E-state index is 13.1. The Kier molecular flexibility index (Phi) is 5.89. The van der Waals surface area contributed by atoms with E-state index in [0.717, 1.165) is 36.3 Å². The van der Waals surface area contributed by atoms with Crippen molar-refractivity contribution in [2.75, 3.05) is 27.7 Å². The molecule has 0 amide bonds. The third-order valence-electron chi connectivity index (χ3n) is 5.01. The Morgan fingerprint density at radius 2 is 1.88 bits per heavy atom. The van der Waals surface area contributed by atoms with Gasteiger partial charge in [-0.25, -0.2) is 0 Å². The van der Waals surface area contributed by atoms with Crippen molar-refractivity contribution in [3.8, 4) is 5.75 Å². The van der Waals surface area contributed by atoms with Gasteiger partial charge < -0.3 is 9.64 Å². The first-order valence-electron chi connectivity index (χ1n) is 9.15. The van der Waals surface area contributed by atoms with Gasteiger partial charge in [0.15, 0.2) is 5.78 Å². The van der Waals surface area contributed by atoms with E-state index in [2.05, 4.69) is 29.2 Å². The highest BCUT2D eigenvalue weighted by Gasteiger charge is 2.33. The van der Waals surface area contributed by atoms with Crippen molar-refractivity contribution < 1.29 is 9.53 Å². The van der Waals surface area contributed by atoms with Gasteiger partial charge in [0.1, 0.15) is 5.75 Å². The Morgan fingerprint density at radius 3 is 2.58 bits per heavy atom. The summed E-state index contributed by atoms with van der Waals surface area (Å²) in [5.74, 6) is 1.53. The molecule has 3 nitrogen and oxygen atoms in total. The lowest BCUT2D eigenvalue weighted by Crippen LogP contribution is -2.34. The van der Waals surface area contributed by atoms with Crippen molar-refractivity contribution >= 4 is 11.9 Å². The maximum Gasteiger partial charge on any atom is 0.163 e. The van der Waals surface area contributed by atoms with Crippen molar-refractivity contribution in [3.63, 3.8) is 0 Å². The van der Waals surface area contributed by atoms with Crippen LogP contribution in [-0.2, 0) is 4.79 Å². The van der Waals surface area contributed by atoms with Gasteiger partial charge in [-0.2, -0.15) is 0 Å². The van der Waals surface area contributed by atoms with Crippen molar-refractivity contribution in [3.05, 3.63) is 71.3 Å². The van der Waals surface area contributed by atoms with E-state index < -0.39 is 0 Å². The molecule has 3 rings (SSSR count). The number of hydrogen-bond donors (Lipinski definition) is 0. The molecule has 136 valence electrons. The van der Waals surface area contributed by atoms with Crippen LogP contribution in [-0.4, -0.2) is 38.4 Å². The Hall–Kier alpha value is -2.39. The number of rotatable bonds is 5. The molecule has 2 aromatic rings. The number of hydrogen-bond acceptors (Lipinski definition) is 3. The van der Waals surface area contributed by atoms with E-state index in [1.165, 1.54) is 5.56 Å². The average molecular weight is 349 g/mol. The number of allylic oxidation sites excluding steroid dienone is 1. The summed E-state index contributed by atoms with van der Waals surface area (Å²) >= 11 is 0. The van der Waals surface area contributed by atoms with Gasteiger partial charge in [-0.1, -0.05) is 42.5 Å².